The summed E-state index contributed by atoms with van der Waals surface area (Å²) >= 11 is 5.94. The van der Waals surface area contributed by atoms with Gasteiger partial charge in [0.2, 0.25) is 0 Å². The summed E-state index contributed by atoms with van der Waals surface area (Å²) in [5.74, 6) is -0.421. The monoisotopic (exact) mass is 244 g/mol. The Hall–Kier alpha value is -1.46. The van der Waals surface area contributed by atoms with Crippen LogP contribution in [0.15, 0.2) is 18.2 Å². The third-order valence-electron chi connectivity index (χ3n) is 2.01. The smallest absolute Gasteiger partial charge is 0.322 e. The molecule has 0 saturated heterocycles. The minimum Gasteiger partial charge on any atom is -0.497 e. The molecule has 1 rings (SSSR count). The van der Waals surface area contributed by atoms with Gasteiger partial charge in [-0.15, -0.1) is 0 Å². The van der Waals surface area contributed by atoms with E-state index in [2.05, 4.69) is 5.32 Å². The molecule has 88 valence electrons. The van der Waals surface area contributed by atoms with E-state index < -0.39 is 12.0 Å². The van der Waals surface area contributed by atoms with Crippen molar-refractivity contribution in [3.8, 4) is 5.75 Å². The molecule has 0 radical (unpaired) electrons. The predicted octanol–water partition coefficient (Wildman–Crippen LogP) is 1.17. The summed E-state index contributed by atoms with van der Waals surface area (Å²) in [5, 5.41) is 11.9. The molecule has 0 heterocycles. The molecular weight excluding hydrogens is 232 g/mol. The lowest BCUT2D eigenvalue weighted by Crippen LogP contribution is -2.36. The number of hydrogen-bond acceptors (Lipinski definition) is 4. The van der Waals surface area contributed by atoms with Crippen LogP contribution in [-0.2, 0) is 4.79 Å². The maximum absolute atomic E-state index is 10.5. The number of carbonyl (C=O) groups is 1. The van der Waals surface area contributed by atoms with Crippen LogP contribution in [0.3, 0.4) is 0 Å². The summed E-state index contributed by atoms with van der Waals surface area (Å²) in [6.07, 6.45) is 0. The third kappa shape index (κ3) is 3.29. The SMILES string of the molecule is COc1ccc(NCC(N)C(=O)O)c(Cl)c1. The Balaban J connectivity index is 2.64. The summed E-state index contributed by atoms with van der Waals surface area (Å²) in [4.78, 5) is 10.5. The van der Waals surface area contributed by atoms with Crippen molar-refractivity contribution in [1.82, 2.24) is 0 Å². The van der Waals surface area contributed by atoms with Crippen molar-refractivity contribution in [2.24, 2.45) is 5.73 Å². The fourth-order valence-electron chi connectivity index (χ4n) is 1.07. The fourth-order valence-corrected chi connectivity index (χ4v) is 1.31. The molecule has 1 atom stereocenters. The van der Waals surface area contributed by atoms with Crippen molar-refractivity contribution in [3.63, 3.8) is 0 Å². The van der Waals surface area contributed by atoms with Gasteiger partial charge in [0, 0.05) is 12.6 Å². The van der Waals surface area contributed by atoms with E-state index in [4.69, 9.17) is 27.2 Å². The van der Waals surface area contributed by atoms with Gasteiger partial charge in [0.25, 0.3) is 0 Å². The van der Waals surface area contributed by atoms with E-state index >= 15 is 0 Å². The van der Waals surface area contributed by atoms with Crippen LogP contribution in [0.1, 0.15) is 0 Å². The molecule has 0 aromatic heterocycles. The van der Waals surface area contributed by atoms with E-state index in [1.54, 1.807) is 25.3 Å². The van der Waals surface area contributed by atoms with Gasteiger partial charge in [-0.05, 0) is 12.1 Å². The molecule has 1 aromatic carbocycles. The Kier molecular flexibility index (Phi) is 4.39. The largest absolute Gasteiger partial charge is 0.497 e. The first-order chi connectivity index (χ1) is 7.54. The van der Waals surface area contributed by atoms with E-state index in [1.165, 1.54) is 0 Å². The van der Waals surface area contributed by atoms with Crippen LogP contribution in [0.2, 0.25) is 5.02 Å². The minimum atomic E-state index is -1.06. The maximum Gasteiger partial charge on any atom is 0.322 e. The number of benzene rings is 1. The van der Waals surface area contributed by atoms with E-state index in [0.717, 1.165) is 0 Å². The van der Waals surface area contributed by atoms with Crippen molar-refractivity contribution < 1.29 is 14.6 Å². The van der Waals surface area contributed by atoms with Crippen molar-refractivity contribution in [2.45, 2.75) is 6.04 Å². The molecule has 0 amide bonds. The minimum absolute atomic E-state index is 0.112. The van der Waals surface area contributed by atoms with Crippen LogP contribution in [0.4, 0.5) is 5.69 Å². The molecule has 0 bridgehead atoms. The molecule has 16 heavy (non-hydrogen) atoms. The van der Waals surface area contributed by atoms with Crippen LogP contribution in [0.25, 0.3) is 0 Å². The highest BCUT2D eigenvalue weighted by Gasteiger charge is 2.11. The highest BCUT2D eigenvalue weighted by atomic mass is 35.5. The van der Waals surface area contributed by atoms with Crippen LogP contribution in [0, 0.1) is 0 Å². The van der Waals surface area contributed by atoms with Crippen molar-refractivity contribution in [1.29, 1.82) is 0 Å². The molecule has 0 aliphatic heterocycles. The lowest BCUT2D eigenvalue weighted by Gasteiger charge is -2.11. The molecule has 0 fully saturated rings. The zero-order valence-electron chi connectivity index (χ0n) is 8.74. The normalized spacial score (nSPS) is 11.9. The van der Waals surface area contributed by atoms with Gasteiger partial charge >= 0.3 is 5.97 Å². The third-order valence-corrected chi connectivity index (χ3v) is 2.32. The Morgan fingerprint density at radius 1 is 1.69 bits per heavy atom. The first kappa shape index (κ1) is 12.6. The van der Waals surface area contributed by atoms with Crippen LogP contribution >= 0.6 is 11.6 Å². The molecule has 6 heteroatoms. The van der Waals surface area contributed by atoms with Gasteiger partial charge in [-0.1, -0.05) is 11.6 Å². The van der Waals surface area contributed by atoms with Crippen molar-refractivity contribution >= 4 is 23.3 Å². The molecule has 0 aliphatic rings. The lowest BCUT2D eigenvalue weighted by molar-refractivity contribution is -0.138. The molecule has 0 aliphatic carbocycles. The lowest BCUT2D eigenvalue weighted by atomic mass is 10.2. The Labute approximate surface area is 98.2 Å². The predicted molar refractivity (Wildman–Crippen MR) is 62.1 cm³/mol. The van der Waals surface area contributed by atoms with Crippen molar-refractivity contribution in [3.05, 3.63) is 23.2 Å². The summed E-state index contributed by atoms with van der Waals surface area (Å²) in [6.45, 7) is 0.112. The number of methoxy groups -OCH3 is 1. The first-order valence-electron chi connectivity index (χ1n) is 4.60. The average molecular weight is 245 g/mol. The van der Waals surface area contributed by atoms with Crippen LogP contribution < -0.4 is 15.8 Å². The van der Waals surface area contributed by atoms with E-state index in [-0.39, 0.29) is 6.54 Å². The number of hydrogen-bond donors (Lipinski definition) is 3. The summed E-state index contributed by atoms with van der Waals surface area (Å²) in [6, 6.07) is 4.10. The molecule has 4 N–H and O–H groups in total. The molecule has 0 spiro atoms. The highest BCUT2D eigenvalue weighted by molar-refractivity contribution is 6.33. The van der Waals surface area contributed by atoms with Gasteiger partial charge in [-0.3, -0.25) is 4.79 Å². The number of anilines is 1. The maximum atomic E-state index is 10.5. The second kappa shape index (κ2) is 5.58. The van der Waals surface area contributed by atoms with Crippen LogP contribution in [-0.4, -0.2) is 30.8 Å². The topological polar surface area (TPSA) is 84.6 Å². The second-order valence-corrected chi connectivity index (χ2v) is 3.58. The molecule has 0 saturated carbocycles. The number of carboxylic acid groups (broad SMARTS) is 1. The van der Waals surface area contributed by atoms with Gasteiger partial charge in [-0.2, -0.15) is 0 Å². The standard InChI is InChI=1S/C10H13ClN2O3/c1-16-6-2-3-9(7(11)4-6)13-5-8(12)10(14)15/h2-4,8,13H,5,12H2,1H3,(H,14,15). The Morgan fingerprint density at radius 2 is 2.38 bits per heavy atom. The number of nitrogens with two attached hydrogens (primary N) is 1. The number of aliphatic carboxylic acids is 1. The summed E-state index contributed by atoms with van der Waals surface area (Å²) in [5.41, 5.74) is 5.96. The quantitative estimate of drug-likeness (QED) is 0.724. The number of nitrogens with one attached hydrogen (secondary N) is 1. The molecule has 1 aromatic rings. The summed E-state index contributed by atoms with van der Waals surface area (Å²) in [7, 11) is 1.54. The highest BCUT2D eigenvalue weighted by Crippen LogP contribution is 2.26. The van der Waals surface area contributed by atoms with Crippen molar-refractivity contribution in [2.75, 3.05) is 19.0 Å². The van der Waals surface area contributed by atoms with Gasteiger partial charge in [0.05, 0.1) is 17.8 Å². The number of halogens is 1. The zero-order chi connectivity index (χ0) is 12.1. The van der Waals surface area contributed by atoms with Gasteiger partial charge in [0.1, 0.15) is 11.8 Å². The Bertz CT molecular complexity index is 384. The average Bonchev–Trinajstić information content (AvgIpc) is 2.26. The molecule has 1 unspecified atom stereocenters. The van der Waals surface area contributed by atoms with Gasteiger partial charge in [0.15, 0.2) is 0 Å². The van der Waals surface area contributed by atoms with Crippen LogP contribution in [0.5, 0.6) is 5.75 Å². The zero-order valence-corrected chi connectivity index (χ0v) is 9.49. The Morgan fingerprint density at radius 3 is 2.88 bits per heavy atom. The first-order valence-corrected chi connectivity index (χ1v) is 4.98. The number of rotatable bonds is 5. The van der Waals surface area contributed by atoms with Gasteiger partial charge < -0.3 is 20.9 Å². The van der Waals surface area contributed by atoms with Gasteiger partial charge in [-0.25, -0.2) is 0 Å². The van der Waals surface area contributed by atoms with E-state index in [1.807, 2.05) is 0 Å². The second-order valence-electron chi connectivity index (χ2n) is 3.17. The van der Waals surface area contributed by atoms with E-state index in [9.17, 15) is 4.79 Å². The summed E-state index contributed by atoms with van der Waals surface area (Å²) < 4.78 is 4.98. The molecule has 5 nitrogen and oxygen atoms in total. The molecular formula is C10H13ClN2O3. The number of ether oxygens (including phenoxy) is 1. The number of carboxylic acids is 1. The fraction of sp³-hybridized carbons (Fsp3) is 0.300. The van der Waals surface area contributed by atoms with E-state index in [0.29, 0.717) is 16.5 Å².